The van der Waals surface area contributed by atoms with Crippen LogP contribution < -0.4 is 5.32 Å². The molecule has 0 radical (unpaired) electrons. The zero-order chi connectivity index (χ0) is 11.9. The molecule has 0 atom stereocenters. The summed E-state index contributed by atoms with van der Waals surface area (Å²) in [5.41, 5.74) is 2.83. The van der Waals surface area contributed by atoms with Gasteiger partial charge in [0, 0.05) is 18.8 Å². The fourth-order valence-electron chi connectivity index (χ4n) is 2.23. The molecule has 0 aliphatic carbocycles. The number of carboxylic acid groups (broad SMARTS) is 1. The summed E-state index contributed by atoms with van der Waals surface area (Å²) < 4.78 is 1.89. The maximum atomic E-state index is 10.9. The van der Waals surface area contributed by atoms with E-state index >= 15 is 0 Å². The van der Waals surface area contributed by atoms with Crippen molar-refractivity contribution in [2.45, 2.75) is 32.7 Å². The summed E-state index contributed by atoms with van der Waals surface area (Å²) in [5, 5.41) is 16.6. The lowest BCUT2D eigenvalue weighted by molar-refractivity contribution is -0.140. The Hall–Kier alpha value is -1.36. The van der Waals surface area contributed by atoms with Gasteiger partial charge in [0.25, 0.3) is 0 Å². The van der Waals surface area contributed by atoms with E-state index in [0.717, 1.165) is 17.0 Å². The molecule has 0 aromatic carbocycles. The Balaban J connectivity index is 2.40. The third-order valence-corrected chi connectivity index (χ3v) is 3.49. The summed E-state index contributed by atoms with van der Waals surface area (Å²) in [5.74, 6) is -0.772. The van der Waals surface area contributed by atoms with Crippen LogP contribution in [-0.4, -0.2) is 33.9 Å². The van der Waals surface area contributed by atoms with Crippen molar-refractivity contribution in [2.75, 3.05) is 13.1 Å². The van der Waals surface area contributed by atoms with Crippen LogP contribution in [0.1, 0.15) is 23.4 Å². The second-order valence-electron chi connectivity index (χ2n) is 4.61. The number of hydrogen-bond donors (Lipinski definition) is 2. The average Bonchev–Trinajstić information content (AvgIpc) is 2.40. The number of nitrogens with zero attached hydrogens (tertiary/aromatic N) is 2. The Morgan fingerprint density at radius 1 is 1.50 bits per heavy atom. The molecule has 1 aromatic heterocycles. The first-order valence-corrected chi connectivity index (χ1v) is 5.42. The van der Waals surface area contributed by atoms with Crippen LogP contribution >= 0.6 is 0 Å². The Bertz CT molecular complexity index is 433. The van der Waals surface area contributed by atoms with Crippen LogP contribution in [0.2, 0.25) is 0 Å². The van der Waals surface area contributed by atoms with E-state index < -0.39 is 5.97 Å². The molecule has 1 saturated heterocycles. The Kier molecular flexibility index (Phi) is 2.50. The van der Waals surface area contributed by atoms with Crippen LogP contribution in [0.25, 0.3) is 0 Å². The van der Waals surface area contributed by atoms with Crippen molar-refractivity contribution in [3.63, 3.8) is 0 Å². The first-order valence-electron chi connectivity index (χ1n) is 5.42. The standard InChI is InChI=1S/C11H17N3O2/c1-7-8(2)13-14(9(7)3)11(4-10(15)16)5-12-6-11/h12H,4-6H2,1-3H3,(H,15,16). The average molecular weight is 223 g/mol. The van der Waals surface area contributed by atoms with Gasteiger partial charge in [-0.05, 0) is 26.3 Å². The van der Waals surface area contributed by atoms with Crippen LogP contribution in [0.15, 0.2) is 0 Å². The van der Waals surface area contributed by atoms with Crippen LogP contribution in [0.3, 0.4) is 0 Å². The van der Waals surface area contributed by atoms with E-state index in [2.05, 4.69) is 10.4 Å². The van der Waals surface area contributed by atoms with Crippen molar-refractivity contribution >= 4 is 5.97 Å². The summed E-state index contributed by atoms with van der Waals surface area (Å²) >= 11 is 0. The second kappa shape index (κ2) is 3.59. The van der Waals surface area contributed by atoms with Crippen molar-refractivity contribution in [1.82, 2.24) is 15.1 Å². The van der Waals surface area contributed by atoms with Gasteiger partial charge in [0.2, 0.25) is 0 Å². The van der Waals surface area contributed by atoms with Crippen LogP contribution in [0.4, 0.5) is 0 Å². The molecular formula is C11H17N3O2. The molecule has 2 rings (SSSR count). The number of aryl methyl sites for hydroxylation is 1. The summed E-state index contributed by atoms with van der Waals surface area (Å²) in [4.78, 5) is 10.9. The molecule has 16 heavy (non-hydrogen) atoms. The molecule has 1 aliphatic heterocycles. The van der Waals surface area contributed by atoms with Gasteiger partial charge in [0.15, 0.2) is 0 Å². The van der Waals surface area contributed by atoms with Crippen molar-refractivity contribution in [2.24, 2.45) is 0 Å². The first kappa shape index (κ1) is 11.1. The highest BCUT2D eigenvalue weighted by Crippen LogP contribution is 2.28. The number of rotatable bonds is 3. The lowest BCUT2D eigenvalue weighted by Crippen LogP contribution is -2.62. The summed E-state index contributed by atoms with van der Waals surface area (Å²) in [7, 11) is 0. The number of aromatic nitrogens is 2. The third kappa shape index (κ3) is 1.51. The molecule has 0 saturated carbocycles. The van der Waals surface area contributed by atoms with Gasteiger partial charge < -0.3 is 10.4 Å². The number of carboxylic acids is 1. The van der Waals surface area contributed by atoms with Gasteiger partial charge in [0.05, 0.1) is 17.7 Å². The third-order valence-electron chi connectivity index (χ3n) is 3.49. The summed E-state index contributed by atoms with van der Waals surface area (Å²) in [6, 6.07) is 0. The van der Waals surface area contributed by atoms with Crippen LogP contribution in [0.5, 0.6) is 0 Å². The van der Waals surface area contributed by atoms with Crippen molar-refractivity contribution in [3.05, 3.63) is 17.0 Å². The minimum Gasteiger partial charge on any atom is -0.481 e. The lowest BCUT2D eigenvalue weighted by atomic mass is 9.88. The van der Waals surface area contributed by atoms with E-state index in [4.69, 9.17) is 5.11 Å². The number of hydrogen-bond acceptors (Lipinski definition) is 3. The van der Waals surface area contributed by atoms with E-state index in [9.17, 15) is 4.79 Å². The van der Waals surface area contributed by atoms with Gasteiger partial charge in [-0.3, -0.25) is 9.48 Å². The van der Waals surface area contributed by atoms with Crippen molar-refractivity contribution < 1.29 is 9.90 Å². The fourth-order valence-corrected chi connectivity index (χ4v) is 2.23. The topological polar surface area (TPSA) is 67.2 Å². The maximum Gasteiger partial charge on any atom is 0.305 e. The molecule has 5 nitrogen and oxygen atoms in total. The van der Waals surface area contributed by atoms with Gasteiger partial charge in [0.1, 0.15) is 0 Å². The highest BCUT2D eigenvalue weighted by atomic mass is 16.4. The zero-order valence-corrected chi connectivity index (χ0v) is 9.87. The predicted octanol–water partition coefficient (Wildman–Crippen LogP) is 0.582. The highest BCUT2D eigenvalue weighted by molar-refractivity contribution is 5.68. The quantitative estimate of drug-likeness (QED) is 0.786. The zero-order valence-electron chi connectivity index (χ0n) is 9.87. The smallest absolute Gasteiger partial charge is 0.305 e. The Morgan fingerprint density at radius 2 is 2.12 bits per heavy atom. The SMILES string of the molecule is Cc1nn(C2(CC(=O)O)CNC2)c(C)c1C. The lowest BCUT2D eigenvalue weighted by Gasteiger charge is -2.42. The second-order valence-corrected chi connectivity index (χ2v) is 4.61. The molecule has 88 valence electrons. The molecule has 5 heteroatoms. The highest BCUT2D eigenvalue weighted by Gasteiger charge is 2.42. The molecule has 2 heterocycles. The van der Waals surface area contributed by atoms with Gasteiger partial charge in [-0.2, -0.15) is 5.10 Å². The number of carbonyl (C=O) groups is 1. The van der Waals surface area contributed by atoms with Crippen molar-refractivity contribution in [3.8, 4) is 0 Å². The molecular weight excluding hydrogens is 206 g/mol. The van der Waals surface area contributed by atoms with E-state index in [0.29, 0.717) is 13.1 Å². The van der Waals surface area contributed by atoms with E-state index in [-0.39, 0.29) is 12.0 Å². The van der Waals surface area contributed by atoms with E-state index in [1.807, 2.05) is 25.5 Å². The first-order chi connectivity index (χ1) is 7.46. The summed E-state index contributed by atoms with van der Waals surface area (Å²) in [6.45, 7) is 7.34. The molecule has 0 unspecified atom stereocenters. The monoisotopic (exact) mass is 223 g/mol. The van der Waals surface area contributed by atoms with Crippen molar-refractivity contribution in [1.29, 1.82) is 0 Å². The van der Waals surface area contributed by atoms with E-state index in [1.54, 1.807) is 0 Å². The van der Waals surface area contributed by atoms with Gasteiger partial charge in [-0.25, -0.2) is 0 Å². The Morgan fingerprint density at radius 3 is 2.44 bits per heavy atom. The van der Waals surface area contributed by atoms with Gasteiger partial charge in [-0.1, -0.05) is 0 Å². The fraction of sp³-hybridized carbons (Fsp3) is 0.636. The van der Waals surface area contributed by atoms with Gasteiger partial charge in [-0.15, -0.1) is 0 Å². The molecule has 2 N–H and O–H groups in total. The van der Waals surface area contributed by atoms with Gasteiger partial charge >= 0.3 is 5.97 Å². The minimum atomic E-state index is -0.772. The van der Waals surface area contributed by atoms with Crippen LogP contribution in [-0.2, 0) is 10.3 Å². The number of aliphatic carboxylic acids is 1. The molecule has 1 aliphatic rings. The largest absolute Gasteiger partial charge is 0.481 e. The normalized spacial score (nSPS) is 18.2. The Labute approximate surface area is 94.5 Å². The molecule has 0 amide bonds. The molecule has 0 spiro atoms. The van der Waals surface area contributed by atoms with Crippen LogP contribution in [0, 0.1) is 20.8 Å². The summed E-state index contributed by atoms with van der Waals surface area (Å²) in [6.07, 6.45) is 0.126. The van der Waals surface area contributed by atoms with E-state index in [1.165, 1.54) is 0 Å². The maximum absolute atomic E-state index is 10.9. The molecule has 0 bridgehead atoms. The molecule has 1 fully saturated rings. The molecule has 1 aromatic rings. The predicted molar refractivity (Wildman–Crippen MR) is 59.5 cm³/mol. The number of nitrogens with one attached hydrogen (secondary N) is 1. The minimum absolute atomic E-state index is 0.126.